The lowest BCUT2D eigenvalue weighted by atomic mass is 10.1. The summed E-state index contributed by atoms with van der Waals surface area (Å²) in [6.07, 6.45) is 0. The number of sulfonamides is 1. The number of nitrogens with zero attached hydrogens (tertiary/aromatic N) is 1. The largest absolute Gasteiger partial charge is 0.516 e. The highest BCUT2D eigenvalue weighted by atomic mass is 35.5. The maximum atomic E-state index is 12.5. The van der Waals surface area contributed by atoms with Crippen LogP contribution in [-0.4, -0.2) is 26.2 Å². The Morgan fingerprint density at radius 1 is 1.39 bits per heavy atom. The number of benzene rings is 1. The van der Waals surface area contributed by atoms with Crippen LogP contribution in [0.5, 0.6) is 0 Å². The maximum Gasteiger partial charge on any atom is 0.516 e. The van der Waals surface area contributed by atoms with Gasteiger partial charge < -0.3 is 4.84 Å². The third-order valence-electron chi connectivity index (χ3n) is 2.53. The summed E-state index contributed by atoms with van der Waals surface area (Å²) < 4.78 is 61.4. The zero-order valence-corrected chi connectivity index (χ0v) is 14.2. The van der Waals surface area contributed by atoms with Gasteiger partial charge >= 0.3 is 15.5 Å². The van der Waals surface area contributed by atoms with Gasteiger partial charge in [-0.05, 0) is 31.0 Å². The fourth-order valence-electron chi connectivity index (χ4n) is 1.44. The Morgan fingerprint density at radius 3 is 2.52 bits per heavy atom. The Balaban J connectivity index is 3.16. The molecule has 5 nitrogen and oxygen atoms in total. The first kappa shape index (κ1) is 19.6. The van der Waals surface area contributed by atoms with Crippen molar-refractivity contribution in [3.63, 3.8) is 0 Å². The summed E-state index contributed by atoms with van der Waals surface area (Å²) in [5.74, 6) is 0.203. The highest BCUT2D eigenvalue weighted by Crippen LogP contribution is 2.28. The number of rotatable bonds is 6. The molecule has 1 rings (SSSR count). The van der Waals surface area contributed by atoms with Crippen LogP contribution in [0.2, 0.25) is 5.02 Å². The number of hydrogen-bond acceptors (Lipinski definition) is 4. The fraction of sp³-hybridized carbons (Fsp3) is 0.462. The lowest BCUT2D eigenvalue weighted by molar-refractivity contribution is -0.0429. The third-order valence-corrected chi connectivity index (χ3v) is 3.86. The molecule has 0 aliphatic carbocycles. The van der Waals surface area contributed by atoms with Crippen LogP contribution in [0.3, 0.4) is 0 Å². The number of nitrogens with one attached hydrogen (secondary N) is 1. The molecule has 0 heterocycles. The molecule has 1 N–H and O–H groups in total. The summed E-state index contributed by atoms with van der Waals surface area (Å²) in [6.45, 7) is 5.57. The first-order chi connectivity index (χ1) is 10.4. The number of hydrogen-bond donors (Lipinski definition) is 1. The van der Waals surface area contributed by atoms with Crippen LogP contribution in [-0.2, 0) is 14.9 Å². The van der Waals surface area contributed by atoms with Gasteiger partial charge in [-0.25, -0.2) is 0 Å². The van der Waals surface area contributed by atoms with Crippen molar-refractivity contribution >= 4 is 33.0 Å². The molecule has 0 aliphatic heterocycles. The number of halogens is 4. The fourth-order valence-corrected chi connectivity index (χ4v) is 2.20. The molecule has 130 valence electrons. The molecular formula is C13H16ClF3N2O3S. The summed E-state index contributed by atoms with van der Waals surface area (Å²) in [5, 5.41) is 3.99. The summed E-state index contributed by atoms with van der Waals surface area (Å²) in [5.41, 5.74) is -5.44. The third kappa shape index (κ3) is 5.58. The van der Waals surface area contributed by atoms with Gasteiger partial charge in [0.1, 0.15) is 6.61 Å². The van der Waals surface area contributed by atoms with Crippen molar-refractivity contribution in [3.8, 4) is 0 Å². The predicted molar refractivity (Wildman–Crippen MR) is 83.1 cm³/mol. The zero-order valence-electron chi connectivity index (χ0n) is 12.6. The van der Waals surface area contributed by atoms with E-state index in [9.17, 15) is 21.6 Å². The van der Waals surface area contributed by atoms with Gasteiger partial charge in [-0.1, -0.05) is 30.6 Å². The van der Waals surface area contributed by atoms with E-state index in [0.29, 0.717) is 6.61 Å². The molecule has 0 atom stereocenters. The zero-order chi connectivity index (χ0) is 17.8. The van der Waals surface area contributed by atoms with E-state index in [2.05, 4.69) is 5.16 Å². The number of alkyl halides is 3. The van der Waals surface area contributed by atoms with E-state index in [0.717, 1.165) is 6.07 Å². The quantitative estimate of drug-likeness (QED) is 0.606. The van der Waals surface area contributed by atoms with Gasteiger partial charge in [-0.15, -0.1) is 0 Å². The average molecular weight is 373 g/mol. The van der Waals surface area contributed by atoms with Crippen molar-refractivity contribution in [2.24, 2.45) is 11.1 Å². The molecule has 0 spiro atoms. The first-order valence-electron chi connectivity index (χ1n) is 6.49. The van der Waals surface area contributed by atoms with E-state index < -0.39 is 15.5 Å². The summed E-state index contributed by atoms with van der Waals surface area (Å²) in [6, 6.07) is 3.69. The minimum absolute atomic E-state index is 0.0917. The number of anilines is 1. The molecule has 0 radical (unpaired) electrons. The molecule has 1 aromatic rings. The van der Waals surface area contributed by atoms with Gasteiger partial charge in [0, 0.05) is 10.6 Å². The van der Waals surface area contributed by atoms with Crippen molar-refractivity contribution in [2.45, 2.75) is 26.3 Å². The monoisotopic (exact) mass is 372 g/mol. The Labute approximate surface area is 137 Å². The van der Waals surface area contributed by atoms with Crippen LogP contribution in [0.1, 0.15) is 26.3 Å². The Kier molecular flexibility index (Phi) is 6.29. The first-order valence-corrected chi connectivity index (χ1v) is 8.35. The summed E-state index contributed by atoms with van der Waals surface area (Å²) >= 11 is 5.81. The van der Waals surface area contributed by atoms with E-state index in [1.807, 2.05) is 13.8 Å². The molecule has 0 aromatic heterocycles. The Bertz CT molecular complexity index is 688. The maximum absolute atomic E-state index is 12.5. The topological polar surface area (TPSA) is 67.8 Å². The van der Waals surface area contributed by atoms with Gasteiger partial charge in [0.05, 0.1) is 11.4 Å². The minimum Gasteiger partial charge on any atom is -0.395 e. The molecule has 10 heteroatoms. The molecule has 0 aliphatic rings. The SMILES string of the molecule is C/C(=N\OCC(C)C)c1cc(Cl)ccc1NS(=O)(=O)C(F)(F)F. The molecule has 0 amide bonds. The van der Waals surface area contributed by atoms with E-state index in [1.165, 1.54) is 23.8 Å². The predicted octanol–water partition coefficient (Wildman–Crippen LogP) is 4.00. The van der Waals surface area contributed by atoms with Crippen LogP contribution in [0.4, 0.5) is 18.9 Å². The lowest BCUT2D eigenvalue weighted by Gasteiger charge is -2.14. The van der Waals surface area contributed by atoms with Crippen molar-refractivity contribution in [1.29, 1.82) is 0 Å². The second kappa shape index (κ2) is 7.39. The van der Waals surface area contributed by atoms with Crippen molar-refractivity contribution in [2.75, 3.05) is 11.3 Å². The van der Waals surface area contributed by atoms with E-state index in [4.69, 9.17) is 16.4 Å². The van der Waals surface area contributed by atoms with E-state index in [1.54, 1.807) is 0 Å². The molecule has 0 bridgehead atoms. The molecule has 1 aromatic carbocycles. The summed E-state index contributed by atoms with van der Waals surface area (Å²) in [7, 11) is -5.54. The van der Waals surface area contributed by atoms with Crippen LogP contribution < -0.4 is 4.72 Å². The molecule has 0 unspecified atom stereocenters. The van der Waals surface area contributed by atoms with Crippen molar-refractivity contribution in [1.82, 2.24) is 0 Å². The molecule has 0 fully saturated rings. The van der Waals surface area contributed by atoms with Gasteiger partial charge in [-0.3, -0.25) is 4.72 Å². The van der Waals surface area contributed by atoms with Crippen LogP contribution in [0, 0.1) is 5.92 Å². The van der Waals surface area contributed by atoms with Crippen LogP contribution in [0.15, 0.2) is 23.4 Å². The van der Waals surface area contributed by atoms with E-state index >= 15 is 0 Å². The van der Waals surface area contributed by atoms with Gasteiger partial charge in [-0.2, -0.15) is 21.6 Å². The highest BCUT2D eigenvalue weighted by molar-refractivity contribution is 7.93. The van der Waals surface area contributed by atoms with Gasteiger partial charge in [0.15, 0.2) is 0 Å². The number of oxime groups is 1. The summed E-state index contributed by atoms with van der Waals surface area (Å²) in [4.78, 5) is 5.05. The second-order valence-corrected chi connectivity index (χ2v) is 7.22. The standard InChI is InChI=1S/C13H16ClF3N2O3S/c1-8(2)7-22-18-9(3)11-6-10(14)4-5-12(11)19-23(20,21)13(15,16)17/h4-6,8,19H,7H2,1-3H3/b18-9+. The Morgan fingerprint density at radius 2 is 2.00 bits per heavy atom. The van der Waals surface area contributed by atoms with Crippen molar-refractivity contribution < 1.29 is 26.4 Å². The van der Waals surface area contributed by atoms with Gasteiger partial charge in [0.25, 0.3) is 0 Å². The van der Waals surface area contributed by atoms with Crippen molar-refractivity contribution in [3.05, 3.63) is 28.8 Å². The Hall–Kier alpha value is -1.48. The molecule has 0 saturated carbocycles. The molecule has 0 saturated heterocycles. The van der Waals surface area contributed by atoms with Gasteiger partial charge in [0.2, 0.25) is 0 Å². The van der Waals surface area contributed by atoms with Crippen LogP contribution in [0.25, 0.3) is 0 Å². The highest BCUT2D eigenvalue weighted by Gasteiger charge is 2.46. The lowest BCUT2D eigenvalue weighted by Crippen LogP contribution is -2.30. The minimum atomic E-state index is -5.54. The molecular weight excluding hydrogens is 357 g/mol. The second-order valence-electron chi connectivity index (χ2n) is 5.11. The average Bonchev–Trinajstić information content (AvgIpc) is 2.38. The van der Waals surface area contributed by atoms with Crippen LogP contribution >= 0.6 is 11.6 Å². The molecule has 23 heavy (non-hydrogen) atoms. The van der Waals surface area contributed by atoms with E-state index in [-0.39, 0.29) is 27.9 Å². The smallest absolute Gasteiger partial charge is 0.395 e. The normalized spacial score (nSPS) is 13.3.